The van der Waals surface area contributed by atoms with Crippen molar-refractivity contribution in [2.45, 2.75) is 6.61 Å². The molecule has 0 aliphatic heterocycles. The summed E-state index contributed by atoms with van der Waals surface area (Å²) in [6.45, 7) is 0.112. The Balaban J connectivity index is 1.71. The van der Waals surface area contributed by atoms with Crippen molar-refractivity contribution in [1.82, 2.24) is 20.0 Å². The molecule has 2 aromatic carbocycles. The second kappa shape index (κ2) is 7.79. The monoisotopic (exact) mass is 374 g/mol. The number of rotatable bonds is 4. The van der Waals surface area contributed by atoms with Crippen LogP contribution in [-0.2, 0) is 11.3 Å². The van der Waals surface area contributed by atoms with Gasteiger partial charge in [-0.25, -0.2) is 9.18 Å². The summed E-state index contributed by atoms with van der Waals surface area (Å²) in [6, 6.07) is 18.7. The van der Waals surface area contributed by atoms with Crippen LogP contribution < -0.4 is 0 Å². The number of aromatic nitrogens is 4. The van der Waals surface area contributed by atoms with Crippen molar-refractivity contribution in [3.05, 3.63) is 90.5 Å². The first-order chi connectivity index (χ1) is 13.7. The summed E-state index contributed by atoms with van der Waals surface area (Å²) < 4.78 is 19.8. The van der Waals surface area contributed by atoms with E-state index < -0.39 is 6.09 Å². The Morgan fingerprint density at radius 1 is 0.929 bits per heavy atom. The topological polar surface area (TPSA) is 69.9 Å². The molecule has 6 nitrogen and oxygen atoms in total. The molecule has 0 amide bonds. The maximum atomic E-state index is 13.3. The van der Waals surface area contributed by atoms with Crippen LogP contribution in [0.15, 0.2) is 79.1 Å². The molecule has 0 unspecified atom stereocenters. The standard InChI is InChI=1S/C21H15FN4O2/c22-18-8-6-16(7-9-18)19-20(17-10-12-23-13-11-17)26(25-24-19)21(27)28-14-15-4-2-1-3-5-15/h1-13H,14H2. The molecule has 0 fully saturated rings. The Morgan fingerprint density at radius 3 is 2.36 bits per heavy atom. The van der Waals surface area contributed by atoms with Gasteiger partial charge in [0.05, 0.1) is 0 Å². The zero-order valence-corrected chi connectivity index (χ0v) is 14.7. The van der Waals surface area contributed by atoms with Gasteiger partial charge in [-0.2, -0.15) is 0 Å². The zero-order chi connectivity index (χ0) is 19.3. The molecular formula is C21H15FN4O2. The predicted octanol–water partition coefficient (Wildman–Crippen LogP) is 4.33. The van der Waals surface area contributed by atoms with Gasteiger partial charge in [0.2, 0.25) is 0 Å². The van der Waals surface area contributed by atoms with E-state index in [4.69, 9.17) is 4.74 Å². The van der Waals surface area contributed by atoms with Crippen molar-refractivity contribution >= 4 is 6.09 Å². The normalized spacial score (nSPS) is 10.6. The van der Waals surface area contributed by atoms with E-state index in [9.17, 15) is 9.18 Å². The summed E-state index contributed by atoms with van der Waals surface area (Å²) >= 11 is 0. The number of carbonyl (C=O) groups is 1. The van der Waals surface area contributed by atoms with Gasteiger partial charge in [-0.3, -0.25) is 4.98 Å². The van der Waals surface area contributed by atoms with Crippen LogP contribution >= 0.6 is 0 Å². The van der Waals surface area contributed by atoms with E-state index in [0.717, 1.165) is 10.2 Å². The highest BCUT2D eigenvalue weighted by Gasteiger charge is 2.22. The van der Waals surface area contributed by atoms with Gasteiger partial charge >= 0.3 is 6.09 Å². The first kappa shape index (κ1) is 17.5. The van der Waals surface area contributed by atoms with Crippen LogP contribution in [0.5, 0.6) is 0 Å². The van der Waals surface area contributed by atoms with Gasteiger partial charge in [0, 0.05) is 23.5 Å². The van der Waals surface area contributed by atoms with E-state index in [-0.39, 0.29) is 12.4 Å². The van der Waals surface area contributed by atoms with Gasteiger partial charge in [-0.05, 0) is 42.0 Å². The Hall–Kier alpha value is -3.87. The molecule has 2 aromatic heterocycles. The lowest BCUT2D eigenvalue weighted by atomic mass is 10.1. The van der Waals surface area contributed by atoms with E-state index in [1.807, 2.05) is 30.3 Å². The van der Waals surface area contributed by atoms with Crippen LogP contribution in [0.4, 0.5) is 9.18 Å². The summed E-state index contributed by atoms with van der Waals surface area (Å²) in [5.74, 6) is -0.358. The van der Waals surface area contributed by atoms with Crippen molar-refractivity contribution in [1.29, 1.82) is 0 Å². The van der Waals surface area contributed by atoms with Gasteiger partial charge in [-0.1, -0.05) is 35.5 Å². The summed E-state index contributed by atoms with van der Waals surface area (Å²) in [5.41, 5.74) is 3.08. The molecule has 2 heterocycles. The van der Waals surface area contributed by atoms with Crippen LogP contribution in [0.3, 0.4) is 0 Å². The van der Waals surface area contributed by atoms with Crippen LogP contribution in [0, 0.1) is 5.82 Å². The van der Waals surface area contributed by atoms with Crippen LogP contribution in [0.2, 0.25) is 0 Å². The molecule has 0 atom stereocenters. The van der Waals surface area contributed by atoms with Gasteiger partial charge < -0.3 is 4.74 Å². The Kier molecular flexibility index (Phi) is 4.88. The van der Waals surface area contributed by atoms with Gasteiger partial charge in [0.15, 0.2) is 0 Å². The lowest BCUT2D eigenvalue weighted by Crippen LogP contribution is -2.16. The number of halogens is 1. The highest BCUT2D eigenvalue weighted by Crippen LogP contribution is 2.30. The number of benzene rings is 2. The molecule has 0 spiro atoms. The minimum atomic E-state index is -0.656. The van der Waals surface area contributed by atoms with Crippen molar-refractivity contribution in [2.24, 2.45) is 0 Å². The maximum absolute atomic E-state index is 13.3. The highest BCUT2D eigenvalue weighted by molar-refractivity contribution is 5.85. The molecule has 0 saturated heterocycles. The highest BCUT2D eigenvalue weighted by atomic mass is 19.1. The average Bonchev–Trinajstić information content (AvgIpc) is 3.19. The van der Waals surface area contributed by atoms with E-state index in [1.165, 1.54) is 12.1 Å². The second-order valence-electron chi connectivity index (χ2n) is 5.98. The number of ether oxygens (including phenoxy) is 1. The molecule has 0 bridgehead atoms. The Morgan fingerprint density at radius 2 is 1.64 bits per heavy atom. The second-order valence-corrected chi connectivity index (χ2v) is 5.98. The number of carbonyl (C=O) groups excluding carboxylic acids is 1. The van der Waals surface area contributed by atoms with Crippen molar-refractivity contribution in [2.75, 3.05) is 0 Å². The van der Waals surface area contributed by atoms with Crippen molar-refractivity contribution < 1.29 is 13.9 Å². The van der Waals surface area contributed by atoms with Crippen LogP contribution in [0.25, 0.3) is 22.5 Å². The Bertz CT molecular complexity index is 1080. The van der Waals surface area contributed by atoms with E-state index >= 15 is 0 Å². The summed E-state index contributed by atoms with van der Waals surface area (Å²) in [6.07, 6.45) is 2.56. The third kappa shape index (κ3) is 3.64. The van der Waals surface area contributed by atoms with Gasteiger partial charge in [0.1, 0.15) is 23.8 Å². The number of pyridine rings is 1. The molecule has 0 N–H and O–H groups in total. The predicted molar refractivity (Wildman–Crippen MR) is 101 cm³/mol. The summed E-state index contributed by atoms with van der Waals surface area (Å²) in [5, 5.41) is 8.12. The zero-order valence-electron chi connectivity index (χ0n) is 14.7. The molecule has 0 aliphatic carbocycles. The lowest BCUT2D eigenvalue weighted by molar-refractivity contribution is 0.137. The smallest absolute Gasteiger partial charge is 0.437 e. The molecular weight excluding hydrogens is 359 g/mol. The molecule has 4 aromatic rings. The van der Waals surface area contributed by atoms with E-state index in [0.29, 0.717) is 22.5 Å². The third-order valence-corrected chi connectivity index (χ3v) is 4.12. The molecule has 28 heavy (non-hydrogen) atoms. The Labute approximate surface area is 160 Å². The van der Waals surface area contributed by atoms with Crippen LogP contribution in [-0.4, -0.2) is 26.1 Å². The minimum absolute atomic E-state index is 0.112. The fraction of sp³-hybridized carbons (Fsp3) is 0.0476. The maximum Gasteiger partial charge on any atom is 0.437 e. The SMILES string of the molecule is O=C(OCc1ccccc1)n1nnc(-c2ccc(F)cc2)c1-c1ccncc1. The van der Waals surface area contributed by atoms with E-state index in [1.54, 1.807) is 36.7 Å². The number of nitrogens with zero attached hydrogens (tertiary/aromatic N) is 4. The molecule has 138 valence electrons. The first-order valence-electron chi connectivity index (χ1n) is 8.55. The number of hydrogen-bond acceptors (Lipinski definition) is 5. The fourth-order valence-electron chi connectivity index (χ4n) is 2.76. The van der Waals surface area contributed by atoms with Gasteiger partial charge in [-0.15, -0.1) is 9.78 Å². The van der Waals surface area contributed by atoms with Crippen molar-refractivity contribution in [3.63, 3.8) is 0 Å². The third-order valence-electron chi connectivity index (χ3n) is 4.12. The average molecular weight is 374 g/mol. The largest absolute Gasteiger partial charge is 0.443 e. The number of hydrogen-bond donors (Lipinski definition) is 0. The van der Waals surface area contributed by atoms with E-state index in [2.05, 4.69) is 15.3 Å². The molecule has 7 heteroatoms. The molecule has 0 saturated carbocycles. The summed E-state index contributed by atoms with van der Waals surface area (Å²) in [4.78, 5) is 16.7. The first-order valence-corrected chi connectivity index (χ1v) is 8.55. The lowest BCUT2D eigenvalue weighted by Gasteiger charge is -2.08. The molecule has 4 rings (SSSR count). The quantitative estimate of drug-likeness (QED) is 0.532. The van der Waals surface area contributed by atoms with Crippen LogP contribution in [0.1, 0.15) is 5.56 Å². The van der Waals surface area contributed by atoms with Crippen molar-refractivity contribution in [3.8, 4) is 22.5 Å². The minimum Gasteiger partial charge on any atom is -0.443 e. The summed E-state index contributed by atoms with van der Waals surface area (Å²) in [7, 11) is 0. The molecule has 0 radical (unpaired) electrons. The molecule has 0 aliphatic rings. The fourth-order valence-corrected chi connectivity index (χ4v) is 2.76. The van der Waals surface area contributed by atoms with Gasteiger partial charge in [0.25, 0.3) is 0 Å².